The quantitative estimate of drug-likeness (QED) is 0.515. The molecule has 1 nitrogen and oxygen atoms in total. The van der Waals surface area contributed by atoms with Crippen LogP contribution in [-0.2, 0) is 0 Å². The van der Waals surface area contributed by atoms with E-state index in [2.05, 4.69) is 18.8 Å². The molecule has 0 aliphatic heterocycles. The van der Waals surface area contributed by atoms with Crippen molar-refractivity contribution in [3.05, 3.63) is 0 Å². The molecule has 0 amide bonds. The molecular formula is C5H15NSi. The Balaban J connectivity index is 2.83. The summed E-state index contributed by atoms with van der Waals surface area (Å²) in [5, 5.41) is 0. The zero-order valence-electron chi connectivity index (χ0n) is 5.49. The topological polar surface area (TPSA) is 12.0 Å². The van der Waals surface area contributed by atoms with Gasteiger partial charge in [-0.2, -0.15) is 0 Å². The third-order valence-electron chi connectivity index (χ3n) is 1.21. The summed E-state index contributed by atoms with van der Waals surface area (Å²) in [5.74, 6) is 0. The molecule has 0 aliphatic carbocycles. The lowest BCUT2D eigenvalue weighted by atomic mass is 10.2. The SMILES string of the molecule is CCCC(C)N[SiH3]. The highest BCUT2D eigenvalue weighted by Crippen LogP contribution is 1.91. The van der Waals surface area contributed by atoms with Gasteiger partial charge in [-0.25, -0.2) is 0 Å². The van der Waals surface area contributed by atoms with Crippen LogP contribution >= 0.6 is 0 Å². The third kappa shape index (κ3) is 4.02. The Kier molecular flexibility index (Phi) is 4.45. The van der Waals surface area contributed by atoms with Crippen LogP contribution in [0.4, 0.5) is 0 Å². The van der Waals surface area contributed by atoms with Gasteiger partial charge in [-0.05, 0) is 12.5 Å². The molecule has 7 heavy (non-hydrogen) atoms. The molecule has 0 heterocycles. The molecule has 0 aromatic rings. The zero-order chi connectivity index (χ0) is 5.70. The minimum atomic E-state index is 0.761. The predicted octanol–water partition coefficient (Wildman–Crippen LogP) is 0.0450. The van der Waals surface area contributed by atoms with Crippen LogP contribution in [0, 0.1) is 0 Å². The number of rotatable bonds is 3. The van der Waals surface area contributed by atoms with Crippen molar-refractivity contribution in [1.82, 2.24) is 4.98 Å². The molecule has 0 rings (SSSR count). The summed E-state index contributed by atoms with van der Waals surface area (Å²) in [6.45, 7) is 4.45. The maximum atomic E-state index is 3.30. The molecule has 2 heteroatoms. The molecule has 0 saturated carbocycles. The second-order valence-electron chi connectivity index (χ2n) is 1.98. The first-order valence-electron chi connectivity index (χ1n) is 2.98. The van der Waals surface area contributed by atoms with Gasteiger partial charge in [-0.1, -0.05) is 20.3 Å². The van der Waals surface area contributed by atoms with E-state index >= 15 is 0 Å². The molecule has 0 spiro atoms. The maximum absolute atomic E-state index is 3.30. The van der Waals surface area contributed by atoms with E-state index < -0.39 is 0 Å². The Hall–Kier alpha value is 0.177. The number of hydrogen-bond donors (Lipinski definition) is 1. The van der Waals surface area contributed by atoms with Gasteiger partial charge in [0.25, 0.3) is 0 Å². The second-order valence-corrected chi connectivity index (χ2v) is 2.56. The van der Waals surface area contributed by atoms with Crippen LogP contribution in [0.25, 0.3) is 0 Å². The predicted molar refractivity (Wildman–Crippen MR) is 37.4 cm³/mol. The van der Waals surface area contributed by atoms with E-state index in [0.717, 1.165) is 16.4 Å². The summed E-state index contributed by atoms with van der Waals surface area (Å²) in [6.07, 6.45) is 2.62. The molecule has 1 atom stereocenters. The van der Waals surface area contributed by atoms with Crippen molar-refractivity contribution in [2.24, 2.45) is 0 Å². The molecular weight excluding hydrogens is 102 g/mol. The van der Waals surface area contributed by atoms with E-state index in [1.165, 1.54) is 12.8 Å². The van der Waals surface area contributed by atoms with Crippen LogP contribution in [0.3, 0.4) is 0 Å². The van der Waals surface area contributed by atoms with E-state index in [1.54, 1.807) is 0 Å². The van der Waals surface area contributed by atoms with Gasteiger partial charge in [0.2, 0.25) is 0 Å². The van der Waals surface area contributed by atoms with Gasteiger partial charge < -0.3 is 4.98 Å². The van der Waals surface area contributed by atoms with Gasteiger partial charge in [0.15, 0.2) is 0 Å². The molecule has 0 aliphatic rings. The van der Waals surface area contributed by atoms with Crippen LogP contribution in [0.5, 0.6) is 0 Å². The fraction of sp³-hybridized carbons (Fsp3) is 1.00. The highest BCUT2D eigenvalue weighted by atomic mass is 28.2. The first-order valence-corrected chi connectivity index (χ1v) is 3.98. The van der Waals surface area contributed by atoms with Gasteiger partial charge in [0.05, 0.1) is 10.4 Å². The molecule has 0 fully saturated rings. The minimum Gasteiger partial charge on any atom is -0.343 e. The monoisotopic (exact) mass is 117 g/mol. The van der Waals surface area contributed by atoms with Crippen molar-refractivity contribution in [2.75, 3.05) is 0 Å². The van der Waals surface area contributed by atoms with E-state index in [1.807, 2.05) is 0 Å². The minimum absolute atomic E-state index is 0.761. The van der Waals surface area contributed by atoms with E-state index in [-0.39, 0.29) is 0 Å². The molecule has 0 bridgehead atoms. The highest BCUT2D eigenvalue weighted by molar-refractivity contribution is 6.04. The molecule has 0 aromatic heterocycles. The zero-order valence-corrected chi connectivity index (χ0v) is 7.49. The van der Waals surface area contributed by atoms with E-state index in [4.69, 9.17) is 0 Å². The largest absolute Gasteiger partial charge is 0.343 e. The lowest BCUT2D eigenvalue weighted by Crippen LogP contribution is -2.21. The number of nitrogens with one attached hydrogen (secondary N) is 1. The van der Waals surface area contributed by atoms with Gasteiger partial charge >= 0.3 is 0 Å². The molecule has 0 aromatic carbocycles. The maximum Gasteiger partial charge on any atom is 0.0752 e. The van der Waals surface area contributed by atoms with Gasteiger partial charge in [0.1, 0.15) is 0 Å². The van der Waals surface area contributed by atoms with Crippen molar-refractivity contribution >= 4 is 10.4 Å². The van der Waals surface area contributed by atoms with Crippen molar-refractivity contribution < 1.29 is 0 Å². The Morgan fingerprint density at radius 3 is 2.43 bits per heavy atom. The normalized spacial score (nSPS) is 14.6. The molecule has 0 saturated heterocycles. The van der Waals surface area contributed by atoms with Gasteiger partial charge in [-0.15, -0.1) is 0 Å². The molecule has 44 valence electrons. The van der Waals surface area contributed by atoms with Crippen LogP contribution in [0.1, 0.15) is 26.7 Å². The highest BCUT2D eigenvalue weighted by Gasteiger charge is 1.90. The van der Waals surface area contributed by atoms with Crippen molar-refractivity contribution in [3.8, 4) is 0 Å². The summed E-state index contributed by atoms with van der Waals surface area (Å²) in [4.78, 5) is 3.30. The summed E-state index contributed by atoms with van der Waals surface area (Å²) >= 11 is 0. The van der Waals surface area contributed by atoms with Crippen molar-refractivity contribution in [3.63, 3.8) is 0 Å². The van der Waals surface area contributed by atoms with E-state index in [0.29, 0.717) is 0 Å². The summed E-state index contributed by atoms with van der Waals surface area (Å²) in [6, 6.07) is 0.761. The Morgan fingerprint density at radius 1 is 1.71 bits per heavy atom. The van der Waals surface area contributed by atoms with Crippen LogP contribution in [-0.4, -0.2) is 16.4 Å². The van der Waals surface area contributed by atoms with Crippen LogP contribution in [0.15, 0.2) is 0 Å². The fourth-order valence-electron chi connectivity index (χ4n) is 0.577. The Bertz CT molecular complexity index is 39.1. The van der Waals surface area contributed by atoms with Gasteiger partial charge in [-0.3, -0.25) is 0 Å². The second kappa shape index (κ2) is 4.34. The standard InChI is InChI=1S/C5H15NSi/c1-3-4-5(2)6-7/h5-6H,3-4H2,1-2,7H3. The van der Waals surface area contributed by atoms with Gasteiger partial charge in [0, 0.05) is 0 Å². The summed E-state index contributed by atoms with van der Waals surface area (Å²) < 4.78 is 0. The van der Waals surface area contributed by atoms with Crippen molar-refractivity contribution in [1.29, 1.82) is 0 Å². The molecule has 1 N–H and O–H groups in total. The summed E-state index contributed by atoms with van der Waals surface area (Å²) in [7, 11) is 1.14. The van der Waals surface area contributed by atoms with E-state index in [9.17, 15) is 0 Å². The smallest absolute Gasteiger partial charge is 0.0752 e. The first-order chi connectivity index (χ1) is 3.31. The average molecular weight is 117 g/mol. The Labute approximate surface area is 49.0 Å². The van der Waals surface area contributed by atoms with Crippen LogP contribution < -0.4 is 4.98 Å². The van der Waals surface area contributed by atoms with Crippen molar-refractivity contribution in [2.45, 2.75) is 32.7 Å². The first kappa shape index (κ1) is 7.18. The fourth-order valence-corrected chi connectivity index (χ4v) is 0.866. The Morgan fingerprint density at radius 2 is 2.29 bits per heavy atom. The number of hydrogen-bond acceptors (Lipinski definition) is 1. The lowest BCUT2D eigenvalue weighted by molar-refractivity contribution is 0.611. The third-order valence-corrected chi connectivity index (χ3v) is 2.20. The average Bonchev–Trinajstić information content (AvgIpc) is 1.68. The molecule has 0 radical (unpaired) electrons. The summed E-state index contributed by atoms with van der Waals surface area (Å²) in [5.41, 5.74) is 0. The van der Waals surface area contributed by atoms with Crippen LogP contribution in [0.2, 0.25) is 0 Å². The molecule has 1 unspecified atom stereocenters. The lowest BCUT2D eigenvalue weighted by Gasteiger charge is -2.05.